The first-order valence-corrected chi connectivity index (χ1v) is 12.6. The quantitative estimate of drug-likeness (QED) is 0.326. The van der Waals surface area contributed by atoms with E-state index in [9.17, 15) is 4.79 Å². The molecule has 2 aromatic carbocycles. The van der Waals surface area contributed by atoms with Gasteiger partial charge in [0.05, 0.1) is 37.4 Å². The molecular weight excluding hydrogens is 462 g/mol. The van der Waals surface area contributed by atoms with Crippen molar-refractivity contribution in [3.8, 4) is 22.1 Å². The van der Waals surface area contributed by atoms with Crippen LogP contribution in [-0.2, 0) is 17.8 Å². The summed E-state index contributed by atoms with van der Waals surface area (Å²) in [5.74, 6) is 1.73. The maximum absolute atomic E-state index is 12.9. The van der Waals surface area contributed by atoms with Crippen LogP contribution < -0.4 is 14.8 Å². The van der Waals surface area contributed by atoms with Gasteiger partial charge in [0.25, 0.3) is 0 Å². The molecule has 8 nitrogen and oxygen atoms in total. The van der Waals surface area contributed by atoms with Gasteiger partial charge in [0.2, 0.25) is 11.9 Å². The maximum atomic E-state index is 12.9. The van der Waals surface area contributed by atoms with E-state index in [1.54, 1.807) is 14.2 Å². The largest absolute Gasteiger partial charge is 0.493 e. The Morgan fingerprint density at radius 3 is 2.57 bits per heavy atom. The molecule has 1 N–H and O–H groups in total. The normalized spacial score (nSPS) is 11.2. The van der Waals surface area contributed by atoms with Crippen molar-refractivity contribution >= 4 is 34.2 Å². The number of anilines is 1. The number of rotatable bonds is 11. The van der Waals surface area contributed by atoms with E-state index in [0.717, 1.165) is 47.8 Å². The molecule has 0 atom stereocenters. The maximum Gasteiger partial charge on any atom is 0.232 e. The molecule has 0 aliphatic heterocycles. The smallest absolute Gasteiger partial charge is 0.232 e. The number of para-hydroxylation sites is 2. The van der Waals surface area contributed by atoms with Gasteiger partial charge in [-0.3, -0.25) is 10.1 Å². The number of carbonyl (C=O) groups excluding carboxylic acids is 1. The number of benzene rings is 2. The Balaban J connectivity index is 1.49. The first kappa shape index (κ1) is 24.7. The minimum Gasteiger partial charge on any atom is -0.493 e. The van der Waals surface area contributed by atoms with Crippen LogP contribution in [0.5, 0.6) is 11.5 Å². The summed E-state index contributed by atoms with van der Waals surface area (Å²) in [5.41, 5.74) is 3.51. The first-order chi connectivity index (χ1) is 17.1. The van der Waals surface area contributed by atoms with Crippen LogP contribution in [0.2, 0.25) is 0 Å². The molecule has 4 aromatic rings. The van der Waals surface area contributed by atoms with Gasteiger partial charge in [0.1, 0.15) is 5.01 Å². The van der Waals surface area contributed by atoms with E-state index in [1.807, 2.05) is 47.8 Å². The van der Waals surface area contributed by atoms with Crippen molar-refractivity contribution in [2.24, 2.45) is 0 Å². The molecular formula is C26H31N5O3S. The Morgan fingerprint density at radius 2 is 1.83 bits per heavy atom. The number of amides is 1. The summed E-state index contributed by atoms with van der Waals surface area (Å²) in [6.07, 6.45) is 0.170. The van der Waals surface area contributed by atoms with Crippen LogP contribution in [0.3, 0.4) is 0 Å². The number of fused-ring (bicyclic) bond motifs is 1. The third-order valence-electron chi connectivity index (χ3n) is 5.96. The van der Waals surface area contributed by atoms with Crippen LogP contribution in [0.4, 0.5) is 5.95 Å². The summed E-state index contributed by atoms with van der Waals surface area (Å²) in [7, 11) is 3.21. The van der Waals surface area contributed by atoms with Gasteiger partial charge in [0, 0.05) is 24.0 Å². The number of imidazole rings is 1. The summed E-state index contributed by atoms with van der Waals surface area (Å²) in [6, 6.07) is 13.6. The number of aromatic nitrogens is 3. The van der Waals surface area contributed by atoms with E-state index >= 15 is 0 Å². The Hall–Kier alpha value is -3.43. The van der Waals surface area contributed by atoms with Gasteiger partial charge in [-0.2, -0.15) is 0 Å². The minimum absolute atomic E-state index is 0.145. The highest BCUT2D eigenvalue weighted by Crippen LogP contribution is 2.33. The molecule has 0 spiro atoms. The predicted octanol–water partition coefficient (Wildman–Crippen LogP) is 4.70. The standard InChI is InChI=1S/C26H31N5O3S/c1-5-30(6-2)13-14-31-21-10-8-7-9-20(21)28-26(31)29-24(32)16-19-17-35-25(27-19)18-11-12-22(33-3)23(15-18)34-4/h7-12,15,17H,5-6,13-14,16H2,1-4H3,(H,28,29,32). The van der Waals surface area contributed by atoms with Gasteiger partial charge >= 0.3 is 0 Å². The molecule has 4 rings (SSSR count). The molecule has 2 aromatic heterocycles. The molecule has 0 fully saturated rings. The average molecular weight is 494 g/mol. The summed E-state index contributed by atoms with van der Waals surface area (Å²) >= 11 is 1.49. The zero-order chi connectivity index (χ0) is 24.8. The Morgan fingerprint density at radius 1 is 1.06 bits per heavy atom. The number of ether oxygens (including phenoxy) is 2. The van der Waals surface area contributed by atoms with E-state index in [-0.39, 0.29) is 12.3 Å². The van der Waals surface area contributed by atoms with E-state index in [0.29, 0.717) is 23.1 Å². The third kappa shape index (κ3) is 5.63. The van der Waals surface area contributed by atoms with E-state index in [1.165, 1.54) is 11.3 Å². The highest BCUT2D eigenvalue weighted by Gasteiger charge is 2.16. The second-order valence-corrected chi connectivity index (χ2v) is 8.90. The molecule has 0 aliphatic carbocycles. The molecule has 0 saturated heterocycles. The Labute approximate surface area is 209 Å². The monoisotopic (exact) mass is 493 g/mol. The molecule has 9 heteroatoms. The summed E-state index contributed by atoms with van der Waals surface area (Å²) in [5, 5.41) is 5.74. The fourth-order valence-corrected chi connectivity index (χ4v) is 4.82. The number of hydrogen-bond donors (Lipinski definition) is 1. The fraction of sp³-hybridized carbons (Fsp3) is 0.346. The number of methoxy groups -OCH3 is 2. The van der Waals surface area contributed by atoms with Crippen molar-refractivity contribution in [2.75, 3.05) is 39.2 Å². The van der Waals surface area contributed by atoms with Crippen molar-refractivity contribution in [1.29, 1.82) is 0 Å². The third-order valence-corrected chi connectivity index (χ3v) is 6.90. The number of thiazole rings is 1. The molecule has 184 valence electrons. The van der Waals surface area contributed by atoms with E-state index in [2.05, 4.69) is 38.6 Å². The molecule has 0 radical (unpaired) electrons. The lowest BCUT2D eigenvalue weighted by Crippen LogP contribution is -2.28. The van der Waals surface area contributed by atoms with Gasteiger partial charge in [-0.1, -0.05) is 26.0 Å². The fourth-order valence-electron chi connectivity index (χ4n) is 4.00. The molecule has 0 aliphatic rings. The molecule has 0 saturated carbocycles. The van der Waals surface area contributed by atoms with Gasteiger partial charge in [0.15, 0.2) is 11.5 Å². The Kier molecular flexibility index (Phi) is 7.99. The highest BCUT2D eigenvalue weighted by atomic mass is 32.1. The van der Waals surface area contributed by atoms with Crippen LogP contribution in [0.15, 0.2) is 47.8 Å². The van der Waals surface area contributed by atoms with Crippen molar-refractivity contribution in [3.05, 3.63) is 53.5 Å². The second kappa shape index (κ2) is 11.3. The van der Waals surface area contributed by atoms with E-state index in [4.69, 9.17) is 9.47 Å². The van der Waals surface area contributed by atoms with Crippen molar-refractivity contribution < 1.29 is 14.3 Å². The SMILES string of the molecule is CCN(CC)CCn1c(NC(=O)Cc2csc(-c3ccc(OC)c(OC)c3)n2)nc2ccccc21. The van der Waals surface area contributed by atoms with Gasteiger partial charge in [-0.05, 0) is 43.4 Å². The van der Waals surface area contributed by atoms with Crippen LogP contribution in [0.1, 0.15) is 19.5 Å². The molecule has 1 amide bonds. The van der Waals surface area contributed by atoms with Crippen LogP contribution in [0.25, 0.3) is 21.6 Å². The lowest BCUT2D eigenvalue weighted by molar-refractivity contribution is -0.115. The summed E-state index contributed by atoms with van der Waals surface area (Å²) in [4.78, 5) is 24.6. The molecule has 0 unspecified atom stereocenters. The minimum atomic E-state index is -0.145. The van der Waals surface area contributed by atoms with Gasteiger partial charge in [-0.25, -0.2) is 9.97 Å². The summed E-state index contributed by atoms with van der Waals surface area (Å²) < 4.78 is 12.8. The highest BCUT2D eigenvalue weighted by molar-refractivity contribution is 7.13. The molecule has 2 heterocycles. The van der Waals surface area contributed by atoms with Gasteiger partial charge in [-0.15, -0.1) is 11.3 Å². The first-order valence-electron chi connectivity index (χ1n) is 11.7. The average Bonchev–Trinajstić information content (AvgIpc) is 3.48. The number of hydrogen-bond acceptors (Lipinski definition) is 7. The summed E-state index contributed by atoms with van der Waals surface area (Å²) in [6.45, 7) is 7.91. The zero-order valence-corrected chi connectivity index (χ0v) is 21.4. The van der Waals surface area contributed by atoms with Crippen LogP contribution in [-0.4, -0.2) is 59.2 Å². The lowest BCUT2D eigenvalue weighted by atomic mass is 10.2. The second-order valence-electron chi connectivity index (χ2n) is 8.04. The van der Waals surface area contributed by atoms with Crippen LogP contribution >= 0.6 is 11.3 Å². The number of nitrogens with one attached hydrogen (secondary N) is 1. The lowest BCUT2D eigenvalue weighted by Gasteiger charge is -2.19. The number of carbonyl (C=O) groups is 1. The van der Waals surface area contributed by atoms with Crippen LogP contribution in [0, 0.1) is 0 Å². The molecule has 0 bridgehead atoms. The van der Waals surface area contributed by atoms with E-state index < -0.39 is 0 Å². The zero-order valence-electron chi connectivity index (χ0n) is 20.6. The van der Waals surface area contributed by atoms with Crippen molar-refractivity contribution in [2.45, 2.75) is 26.8 Å². The van der Waals surface area contributed by atoms with Gasteiger partial charge < -0.3 is 18.9 Å². The number of likely N-dealkylation sites (N-methyl/N-ethyl adjacent to an activating group) is 1. The molecule has 35 heavy (non-hydrogen) atoms. The Bertz CT molecular complexity index is 1300. The number of nitrogens with zero attached hydrogens (tertiary/aromatic N) is 4. The van der Waals surface area contributed by atoms with Crippen molar-refractivity contribution in [3.63, 3.8) is 0 Å². The van der Waals surface area contributed by atoms with Crippen molar-refractivity contribution in [1.82, 2.24) is 19.4 Å². The predicted molar refractivity (Wildman–Crippen MR) is 141 cm³/mol. The topological polar surface area (TPSA) is 81.5 Å².